The monoisotopic (exact) mass is 466 g/mol. The number of halogens is 4. The SMILES string of the molecule is Cc1nnc(SCC(=O)Nc2c(Cl)c(Cl)cc(Cl)c2Cl)n1C1CCCCC1. The van der Waals surface area contributed by atoms with E-state index < -0.39 is 0 Å². The smallest absolute Gasteiger partial charge is 0.234 e. The van der Waals surface area contributed by atoms with Crippen LogP contribution in [0.5, 0.6) is 0 Å². The third-order valence-corrected chi connectivity index (χ3v) is 7.00. The predicted molar refractivity (Wildman–Crippen MR) is 113 cm³/mol. The van der Waals surface area contributed by atoms with Gasteiger partial charge < -0.3 is 9.88 Å². The minimum absolute atomic E-state index is 0.141. The summed E-state index contributed by atoms with van der Waals surface area (Å²) in [7, 11) is 0. The molecule has 2 aromatic rings. The van der Waals surface area contributed by atoms with Crippen molar-refractivity contribution >= 4 is 69.8 Å². The molecule has 1 aromatic carbocycles. The highest BCUT2D eigenvalue weighted by Gasteiger charge is 2.22. The molecule has 0 spiro atoms. The van der Waals surface area contributed by atoms with E-state index in [2.05, 4.69) is 20.1 Å². The summed E-state index contributed by atoms with van der Waals surface area (Å²) in [6.07, 6.45) is 5.92. The first-order chi connectivity index (χ1) is 12.9. The fourth-order valence-electron chi connectivity index (χ4n) is 3.20. The summed E-state index contributed by atoms with van der Waals surface area (Å²) >= 11 is 25.6. The van der Waals surface area contributed by atoms with Gasteiger partial charge in [0.25, 0.3) is 0 Å². The summed E-state index contributed by atoms with van der Waals surface area (Å²) in [6.45, 7) is 1.94. The highest BCUT2D eigenvalue weighted by atomic mass is 35.5. The summed E-state index contributed by atoms with van der Waals surface area (Å²) < 4.78 is 2.15. The molecule has 1 amide bonds. The Kier molecular flexibility index (Phi) is 7.20. The molecule has 0 atom stereocenters. The Bertz CT molecular complexity index is 826. The van der Waals surface area contributed by atoms with E-state index in [0.717, 1.165) is 23.8 Å². The number of aromatic nitrogens is 3. The van der Waals surface area contributed by atoms with Crippen LogP contribution >= 0.6 is 58.2 Å². The number of thioether (sulfide) groups is 1. The van der Waals surface area contributed by atoms with Crippen LogP contribution in [-0.4, -0.2) is 26.4 Å². The Morgan fingerprint density at radius 1 is 1.15 bits per heavy atom. The molecular formula is C17H18Cl4N4OS. The zero-order chi connectivity index (χ0) is 19.6. The van der Waals surface area contributed by atoms with E-state index in [1.54, 1.807) is 0 Å². The Hall–Kier alpha value is -0.660. The van der Waals surface area contributed by atoms with E-state index in [0.29, 0.717) is 6.04 Å². The highest BCUT2D eigenvalue weighted by molar-refractivity contribution is 7.99. The molecule has 0 saturated heterocycles. The summed E-state index contributed by atoms with van der Waals surface area (Å²) in [4.78, 5) is 12.4. The van der Waals surface area contributed by atoms with Crippen LogP contribution in [0.2, 0.25) is 20.1 Å². The van der Waals surface area contributed by atoms with Crippen molar-refractivity contribution in [2.75, 3.05) is 11.1 Å². The van der Waals surface area contributed by atoms with Crippen LogP contribution in [0, 0.1) is 6.92 Å². The number of hydrogen-bond acceptors (Lipinski definition) is 4. The first kappa shape index (κ1) is 21.1. The minimum atomic E-state index is -0.280. The lowest BCUT2D eigenvalue weighted by molar-refractivity contribution is -0.113. The van der Waals surface area contributed by atoms with Crippen LogP contribution in [0.4, 0.5) is 5.69 Å². The normalized spacial score (nSPS) is 15.1. The van der Waals surface area contributed by atoms with Crippen molar-refractivity contribution in [3.8, 4) is 0 Å². The van der Waals surface area contributed by atoms with E-state index in [4.69, 9.17) is 46.4 Å². The zero-order valence-electron chi connectivity index (χ0n) is 14.6. The average molecular weight is 468 g/mol. The summed E-state index contributed by atoms with van der Waals surface area (Å²) in [5.41, 5.74) is 0.214. The number of benzene rings is 1. The van der Waals surface area contributed by atoms with Crippen molar-refractivity contribution in [3.63, 3.8) is 0 Å². The van der Waals surface area contributed by atoms with Crippen molar-refractivity contribution in [3.05, 3.63) is 32.0 Å². The number of nitrogens with zero attached hydrogens (tertiary/aromatic N) is 3. The molecule has 27 heavy (non-hydrogen) atoms. The lowest BCUT2D eigenvalue weighted by Crippen LogP contribution is -2.18. The summed E-state index contributed by atoms with van der Waals surface area (Å²) in [5, 5.41) is 12.6. The molecule has 1 saturated carbocycles. The number of anilines is 1. The van der Waals surface area contributed by atoms with Gasteiger partial charge in [0.15, 0.2) is 5.16 Å². The largest absolute Gasteiger partial charge is 0.323 e. The van der Waals surface area contributed by atoms with E-state index in [-0.39, 0.29) is 37.4 Å². The third-order valence-electron chi connectivity index (χ3n) is 4.48. The number of nitrogens with one attached hydrogen (secondary N) is 1. The van der Waals surface area contributed by atoms with Crippen molar-refractivity contribution in [2.24, 2.45) is 0 Å². The Morgan fingerprint density at radius 3 is 2.41 bits per heavy atom. The number of carbonyl (C=O) groups is 1. The molecule has 5 nitrogen and oxygen atoms in total. The fourth-order valence-corrected chi connectivity index (χ4v) is 4.95. The van der Waals surface area contributed by atoms with Crippen LogP contribution in [0.3, 0.4) is 0 Å². The molecule has 1 aliphatic rings. The van der Waals surface area contributed by atoms with E-state index in [1.807, 2.05) is 6.92 Å². The van der Waals surface area contributed by atoms with Gasteiger partial charge >= 0.3 is 0 Å². The first-order valence-electron chi connectivity index (χ1n) is 8.55. The van der Waals surface area contributed by atoms with Crippen LogP contribution in [0.1, 0.15) is 44.0 Å². The zero-order valence-corrected chi connectivity index (χ0v) is 18.4. The molecule has 0 unspecified atom stereocenters. The molecule has 1 heterocycles. The second kappa shape index (κ2) is 9.23. The number of carbonyl (C=O) groups excluding carboxylic acids is 1. The van der Waals surface area contributed by atoms with Crippen molar-refractivity contribution in [1.29, 1.82) is 0 Å². The van der Waals surface area contributed by atoms with Gasteiger partial charge in [-0.25, -0.2) is 0 Å². The Labute approximate surface area is 182 Å². The highest BCUT2D eigenvalue weighted by Crippen LogP contribution is 2.41. The van der Waals surface area contributed by atoms with Crippen molar-refractivity contribution < 1.29 is 4.79 Å². The molecule has 1 aromatic heterocycles. The second-order valence-electron chi connectivity index (χ2n) is 6.37. The molecule has 146 valence electrons. The van der Waals surface area contributed by atoms with Gasteiger partial charge in [-0.15, -0.1) is 10.2 Å². The molecule has 0 bridgehead atoms. The molecule has 1 fully saturated rings. The maximum absolute atomic E-state index is 12.4. The number of rotatable bonds is 5. The molecule has 3 rings (SSSR count). The van der Waals surface area contributed by atoms with Gasteiger partial charge in [0.1, 0.15) is 5.82 Å². The van der Waals surface area contributed by atoms with Gasteiger partial charge in [0, 0.05) is 6.04 Å². The Morgan fingerprint density at radius 2 is 1.78 bits per heavy atom. The topological polar surface area (TPSA) is 59.8 Å². The summed E-state index contributed by atoms with van der Waals surface area (Å²) in [5.74, 6) is 0.734. The van der Waals surface area contributed by atoms with Crippen LogP contribution < -0.4 is 5.32 Å². The molecular weight excluding hydrogens is 450 g/mol. The molecule has 10 heteroatoms. The minimum Gasteiger partial charge on any atom is -0.323 e. The van der Waals surface area contributed by atoms with Crippen molar-refractivity contribution in [1.82, 2.24) is 14.8 Å². The second-order valence-corrected chi connectivity index (χ2v) is 8.88. The van der Waals surface area contributed by atoms with E-state index >= 15 is 0 Å². The average Bonchev–Trinajstić information content (AvgIpc) is 3.03. The van der Waals surface area contributed by atoms with Gasteiger partial charge in [-0.05, 0) is 25.8 Å². The van der Waals surface area contributed by atoms with Gasteiger partial charge in [-0.1, -0.05) is 77.4 Å². The molecule has 1 N–H and O–H groups in total. The van der Waals surface area contributed by atoms with Crippen LogP contribution in [-0.2, 0) is 4.79 Å². The first-order valence-corrected chi connectivity index (χ1v) is 11.1. The maximum Gasteiger partial charge on any atom is 0.234 e. The predicted octanol–water partition coefficient (Wildman–Crippen LogP) is 6.44. The van der Waals surface area contributed by atoms with E-state index in [1.165, 1.54) is 37.1 Å². The summed E-state index contributed by atoms with van der Waals surface area (Å²) in [6, 6.07) is 1.84. The standard InChI is InChI=1S/C17H18Cl4N4OS/c1-9-23-24-17(25(9)10-5-3-2-4-6-10)27-8-13(26)22-16-14(20)11(18)7-12(19)15(16)21/h7,10H,2-6,8H2,1H3,(H,22,26). The third kappa shape index (κ3) is 4.85. The molecule has 0 radical (unpaired) electrons. The lowest BCUT2D eigenvalue weighted by atomic mass is 9.95. The van der Waals surface area contributed by atoms with Gasteiger partial charge in [0.05, 0.1) is 31.5 Å². The van der Waals surface area contributed by atoms with Gasteiger partial charge in [-0.3, -0.25) is 4.79 Å². The quantitative estimate of drug-likeness (QED) is 0.406. The van der Waals surface area contributed by atoms with Crippen LogP contribution in [0.25, 0.3) is 0 Å². The van der Waals surface area contributed by atoms with Gasteiger partial charge in [0.2, 0.25) is 5.91 Å². The maximum atomic E-state index is 12.4. The number of amides is 1. The van der Waals surface area contributed by atoms with Crippen LogP contribution in [0.15, 0.2) is 11.2 Å². The Balaban J connectivity index is 1.69. The van der Waals surface area contributed by atoms with Gasteiger partial charge in [-0.2, -0.15) is 0 Å². The fraction of sp³-hybridized carbons (Fsp3) is 0.471. The van der Waals surface area contributed by atoms with E-state index in [9.17, 15) is 4.79 Å². The number of aryl methyl sites for hydroxylation is 1. The molecule has 0 aliphatic heterocycles. The van der Waals surface area contributed by atoms with Crippen molar-refractivity contribution in [2.45, 2.75) is 50.2 Å². The number of hydrogen-bond donors (Lipinski definition) is 1. The molecule has 1 aliphatic carbocycles. The lowest BCUT2D eigenvalue weighted by Gasteiger charge is -2.24.